The predicted octanol–water partition coefficient (Wildman–Crippen LogP) is 1.71. The van der Waals surface area contributed by atoms with Gasteiger partial charge in [0, 0.05) is 29.3 Å². The maximum absolute atomic E-state index is 5.80. The third-order valence-electron chi connectivity index (χ3n) is 2.76. The van der Waals surface area contributed by atoms with E-state index < -0.39 is 0 Å². The van der Waals surface area contributed by atoms with Crippen LogP contribution in [0.3, 0.4) is 0 Å². The van der Waals surface area contributed by atoms with Crippen molar-refractivity contribution in [3.05, 3.63) is 16.1 Å². The largest absolute Gasteiger partial charge is 0.375 e. The third kappa shape index (κ3) is 3.20. The molecule has 1 aromatic rings. The summed E-state index contributed by atoms with van der Waals surface area (Å²) >= 11 is 3.70. The Labute approximate surface area is 105 Å². The third-order valence-corrected chi connectivity index (χ3v) is 4.60. The van der Waals surface area contributed by atoms with Gasteiger partial charge in [0.1, 0.15) is 0 Å². The van der Waals surface area contributed by atoms with Gasteiger partial charge in [0.05, 0.1) is 23.4 Å². The van der Waals surface area contributed by atoms with Crippen LogP contribution in [-0.2, 0) is 11.2 Å². The quantitative estimate of drug-likeness (QED) is 0.891. The minimum Gasteiger partial charge on any atom is -0.375 e. The fourth-order valence-corrected chi connectivity index (χ4v) is 3.45. The highest BCUT2D eigenvalue weighted by atomic mass is 32.2. The minimum atomic E-state index is 0.325. The van der Waals surface area contributed by atoms with Crippen LogP contribution in [0.5, 0.6) is 0 Å². The molecule has 5 heteroatoms. The second-order valence-electron chi connectivity index (χ2n) is 3.94. The number of rotatable bonds is 4. The summed E-state index contributed by atoms with van der Waals surface area (Å²) in [4.78, 5) is 4.51. The molecule has 0 radical (unpaired) electrons. The highest BCUT2D eigenvalue weighted by Gasteiger charge is 2.24. The average molecular weight is 258 g/mol. The topological polar surface area (TPSA) is 34.2 Å². The van der Waals surface area contributed by atoms with Crippen molar-refractivity contribution in [3.63, 3.8) is 0 Å². The molecule has 1 aliphatic rings. The first-order valence-electron chi connectivity index (χ1n) is 5.57. The molecule has 0 saturated carbocycles. The predicted molar refractivity (Wildman–Crippen MR) is 70.5 cm³/mol. The number of aryl methyl sites for hydroxylation is 1. The first-order chi connectivity index (χ1) is 7.79. The van der Waals surface area contributed by atoms with Crippen LogP contribution in [0.1, 0.15) is 10.7 Å². The molecule has 3 nitrogen and oxygen atoms in total. The Kier molecular flexibility index (Phi) is 4.64. The maximum atomic E-state index is 5.80. The van der Waals surface area contributed by atoms with Crippen LogP contribution >= 0.6 is 23.1 Å². The van der Waals surface area contributed by atoms with Crippen molar-refractivity contribution in [3.8, 4) is 0 Å². The van der Waals surface area contributed by atoms with Gasteiger partial charge in [-0.2, -0.15) is 11.8 Å². The van der Waals surface area contributed by atoms with E-state index in [0.717, 1.165) is 29.5 Å². The number of nitrogens with zero attached hydrogens (tertiary/aromatic N) is 1. The first-order valence-corrected chi connectivity index (χ1v) is 7.60. The summed E-state index contributed by atoms with van der Waals surface area (Å²) in [6, 6.07) is 0.384. The molecular weight excluding hydrogens is 240 g/mol. The van der Waals surface area contributed by atoms with Crippen molar-refractivity contribution in [2.24, 2.45) is 0 Å². The van der Waals surface area contributed by atoms with E-state index in [-0.39, 0.29) is 0 Å². The fourth-order valence-electron chi connectivity index (χ4n) is 1.89. The SMILES string of the molecule is CNC(Cc1csc(C)n1)C1CSCCO1. The molecule has 1 aliphatic heterocycles. The van der Waals surface area contributed by atoms with Gasteiger partial charge in [-0.15, -0.1) is 11.3 Å². The smallest absolute Gasteiger partial charge is 0.0897 e. The summed E-state index contributed by atoms with van der Waals surface area (Å²) in [5.74, 6) is 2.22. The van der Waals surface area contributed by atoms with Gasteiger partial charge in [0.15, 0.2) is 0 Å². The van der Waals surface area contributed by atoms with Gasteiger partial charge < -0.3 is 10.1 Å². The van der Waals surface area contributed by atoms with Crippen molar-refractivity contribution in [2.45, 2.75) is 25.5 Å². The molecule has 1 N–H and O–H groups in total. The lowest BCUT2D eigenvalue weighted by atomic mass is 10.1. The molecule has 0 aliphatic carbocycles. The molecule has 0 aromatic carbocycles. The Hall–Kier alpha value is -0.100. The molecule has 2 heterocycles. The number of likely N-dealkylation sites (N-methyl/N-ethyl adjacent to an activating group) is 1. The van der Waals surface area contributed by atoms with E-state index in [1.807, 2.05) is 18.8 Å². The number of hydrogen-bond acceptors (Lipinski definition) is 5. The molecular formula is C11H18N2OS2. The summed E-state index contributed by atoms with van der Waals surface area (Å²) in [6.45, 7) is 2.93. The van der Waals surface area contributed by atoms with Crippen LogP contribution < -0.4 is 5.32 Å². The first kappa shape index (κ1) is 12.4. The lowest BCUT2D eigenvalue weighted by molar-refractivity contribution is 0.0490. The normalized spacial score (nSPS) is 23.2. The summed E-state index contributed by atoms with van der Waals surface area (Å²) in [6.07, 6.45) is 1.29. The van der Waals surface area contributed by atoms with Crippen LogP contribution in [0.2, 0.25) is 0 Å². The van der Waals surface area contributed by atoms with Crippen LogP contribution in [-0.4, -0.2) is 42.3 Å². The van der Waals surface area contributed by atoms with Crippen molar-refractivity contribution in [2.75, 3.05) is 25.2 Å². The van der Waals surface area contributed by atoms with Crippen LogP contribution in [0.4, 0.5) is 0 Å². The lowest BCUT2D eigenvalue weighted by Gasteiger charge is -2.29. The van der Waals surface area contributed by atoms with Gasteiger partial charge in [0.2, 0.25) is 0 Å². The van der Waals surface area contributed by atoms with E-state index in [9.17, 15) is 0 Å². The van der Waals surface area contributed by atoms with E-state index in [4.69, 9.17) is 4.74 Å². The Balaban J connectivity index is 1.94. The van der Waals surface area contributed by atoms with E-state index >= 15 is 0 Å². The van der Waals surface area contributed by atoms with Crippen molar-refractivity contribution in [1.29, 1.82) is 0 Å². The molecule has 2 unspecified atom stereocenters. The molecule has 90 valence electrons. The molecule has 0 spiro atoms. The van der Waals surface area contributed by atoms with Crippen LogP contribution in [0.25, 0.3) is 0 Å². The highest BCUT2D eigenvalue weighted by Crippen LogP contribution is 2.18. The molecule has 2 atom stereocenters. The van der Waals surface area contributed by atoms with E-state index in [1.165, 1.54) is 5.69 Å². The number of thiazole rings is 1. The zero-order valence-corrected chi connectivity index (χ0v) is 11.4. The number of aromatic nitrogens is 1. The van der Waals surface area contributed by atoms with E-state index in [1.54, 1.807) is 11.3 Å². The number of nitrogens with one attached hydrogen (secondary N) is 1. The van der Waals surface area contributed by atoms with Gasteiger partial charge in [-0.3, -0.25) is 0 Å². The minimum absolute atomic E-state index is 0.325. The second-order valence-corrected chi connectivity index (χ2v) is 6.15. The Morgan fingerprint density at radius 3 is 3.12 bits per heavy atom. The van der Waals surface area contributed by atoms with Gasteiger partial charge in [0.25, 0.3) is 0 Å². The Morgan fingerprint density at radius 2 is 2.56 bits per heavy atom. The van der Waals surface area contributed by atoms with Crippen LogP contribution in [0, 0.1) is 6.92 Å². The van der Waals surface area contributed by atoms with Crippen molar-refractivity contribution >= 4 is 23.1 Å². The summed E-state index contributed by atoms with van der Waals surface area (Å²) in [7, 11) is 2.01. The number of ether oxygens (including phenoxy) is 1. The lowest BCUT2D eigenvalue weighted by Crippen LogP contribution is -2.44. The fraction of sp³-hybridized carbons (Fsp3) is 0.727. The summed E-state index contributed by atoms with van der Waals surface area (Å²) in [5, 5.41) is 6.65. The molecule has 0 bridgehead atoms. The maximum Gasteiger partial charge on any atom is 0.0897 e. The van der Waals surface area contributed by atoms with Gasteiger partial charge in [-0.05, 0) is 14.0 Å². The van der Waals surface area contributed by atoms with Gasteiger partial charge in [-0.25, -0.2) is 4.98 Å². The average Bonchev–Trinajstić information content (AvgIpc) is 2.73. The molecule has 1 fully saturated rings. The summed E-state index contributed by atoms with van der Waals surface area (Å²) in [5.41, 5.74) is 1.18. The molecule has 2 rings (SSSR count). The molecule has 1 saturated heterocycles. The molecule has 1 aromatic heterocycles. The molecule has 16 heavy (non-hydrogen) atoms. The van der Waals surface area contributed by atoms with Gasteiger partial charge in [-0.1, -0.05) is 0 Å². The van der Waals surface area contributed by atoms with E-state index in [2.05, 4.69) is 22.6 Å². The Morgan fingerprint density at radius 1 is 1.69 bits per heavy atom. The summed E-state index contributed by atoms with van der Waals surface area (Å²) < 4.78 is 5.80. The van der Waals surface area contributed by atoms with Gasteiger partial charge >= 0.3 is 0 Å². The standard InChI is InChI=1S/C11H18N2OS2/c1-8-13-9(6-16-8)5-10(12-2)11-7-15-4-3-14-11/h6,10-12H,3-5,7H2,1-2H3. The Bertz CT molecular complexity index is 324. The monoisotopic (exact) mass is 258 g/mol. The molecule has 0 amide bonds. The van der Waals surface area contributed by atoms with Crippen LogP contribution in [0.15, 0.2) is 5.38 Å². The number of thioether (sulfide) groups is 1. The number of hydrogen-bond donors (Lipinski definition) is 1. The van der Waals surface area contributed by atoms with E-state index in [0.29, 0.717) is 12.1 Å². The van der Waals surface area contributed by atoms with Crippen molar-refractivity contribution < 1.29 is 4.74 Å². The zero-order chi connectivity index (χ0) is 11.4. The second kappa shape index (κ2) is 6.00. The highest BCUT2D eigenvalue weighted by molar-refractivity contribution is 7.99. The zero-order valence-electron chi connectivity index (χ0n) is 9.73. The van der Waals surface area contributed by atoms with Crippen molar-refractivity contribution in [1.82, 2.24) is 10.3 Å².